The lowest BCUT2D eigenvalue weighted by atomic mass is 9.93. The highest BCUT2D eigenvalue weighted by Crippen LogP contribution is 2.37. The standard InChI is InChI=1S/C29H32N4O3/c1-36-18-17-33(21-9-3-2-4-10-21)27-16-15-20(22-11-5-6-12-23(22)28(34)35)19-26(27)32-29-30-24-13-7-8-14-25(24)31-29/h5-8,11-16,19,21H,2-4,9-10,17-18H2,1H3,(H,34,35)(H2,30,31,32). The van der Waals surface area contributed by atoms with Crippen LogP contribution in [0, 0.1) is 0 Å². The molecule has 0 atom stereocenters. The molecule has 0 bridgehead atoms. The predicted molar refractivity (Wildman–Crippen MR) is 144 cm³/mol. The van der Waals surface area contributed by atoms with E-state index in [4.69, 9.17) is 9.72 Å². The van der Waals surface area contributed by atoms with Gasteiger partial charge in [0, 0.05) is 19.7 Å². The van der Waals surface area contributed by atoms with E-state index < -0.39 is 5.97 Å². The molecule has 1 fully saturated rings. The van der Waals surface area contributed by atoms with Gasteiger partial charge >= 0.3 is 5.97 Å². The Hall–Kier alpha value is -3.84. The molecular weight excluding hydrogens is 452 g/mol. The number of hydrogen-bond acceptors (Lipinski definition) is 5. The normalized spacial score (nSPS) is 14.1. The van der Waals surface area contributed by atoms with Crippen molar-refractivity contribution in [1.29, 1.82) is 0 Å². The second-order valence-electron chi connectivity index (χ2n) is 9.29. The SMILES string of the molecule is COCCN(c1ccc(-c2ccccc2C(=O)O)cc1Nc1nc2ccccc2[nH]1)C1CCCCC1. The zero-order valence-corrected chi connectivity index (χ0v) is 20.5. The molecule has 1 aromatic heterocycles. The second-order valence-corrected chi connectivity index (χ2v) is 9.29. The number of H-pyrrole nitrogens is 1. The van der Waals surface area contributed by atoms with Gasteiger partial charge in [0.15, 0.2) is 0 Å². The Labute approximate surface area is 211 Å². The Morgan fingerprint density at radius 1 is 1.08 bits per heavy atom. The number of benzene rings is 3. The van der Waals surface area contributed by atoms with Crippen LogP contribution >= 0.6 is 0 Å². The van der Waals surface area contributed by atoms with Crippen LogP contribution in [0.3, 0.4) is 0 Å². The number of para-hydroxylation sites is 2. The van der Waals surface area contributed by atoms with E-state index in [1.807, 2.05) is 48.5 Å². The third kappa shape index (κ3) is 5.06. The van der Waals surface area contributed by atoms with Crippen LogP contribution < -0.4 is 10.2 Å². The minimum Gasteiger partial charge on any atom is -0.478 e. The zero-order chi connectivity index (χ0) is 24.9. The van der Waals surface area contributed by atoms with Crippen LogP contribution in [0.4, 0.5) is 17.3 Å². The van der Waals surface area contributed by atoms with Crippen LogP contribution in [-0.4, -0.2) is 47.3 Å². The predicted octanol–water partition coefficient (Wildman–Crippen LogP) is 6.46. The first-order valence-corrected chi connectivity index (χ1v) is 12.6. The van der Waals surface area contributed by atoms with Crippen molar-refractivity contribution in [2.45, 2.75) is 38.1 Å². The number of rotatable bonds is 9. The summed E-state index contributed by atoms with van der Waals surface area (Å²) in [6, 6.07) is 21.6. The van der Waals surface area contributed by atoms with Crippen molar-refractivity contribution in [1.82, 2.24) is 9.97 Å². The van der Waals surface area contributed by atoms with E-state index in [9.17, 15) is 9.90 Å². The molecule has 1 aliphatic rings. The largest absolute Gasteiger partial charge is 0.478 e. The van der Waals surface area contributed by atoms with Crippen LogP contribution in [0.25, 0.3) is 22.2 Å². The molecule has 5 rings (SSSR count). The molecular formula is C29H32N4O3. The average Bonchev–Trinajstić information content (AvgIpc) is 3.32. The maximum absolute atomic E-state index is 11.9. The fourth-order valence-electron chi connectivity index (χ4n) is 5.20. The first kappa shape index (κ1) is 23.9. The van der Waals surface area contributed by atoms with Gasteiger partial charge in [0.05, 0.1) is 34.6 Å². The van der Waals surface area contributed by atoms with Gasteiger partial charge in [0.2, 0.25) is 5.95 Å². The first-order chi connectivity index (χ1) is 17.6. The number of aromatic nitrogens is 2. The maximum atomic E-state index is 11.9. The molecule has 36 heavy (non-hydrogen) atoms. The van der Waals surface area contributed by atoms with Gasteiger partial charge in [-0.25, -0.2) is 9.78 Å². The second kappa shape index (κ2) is 10.8. The molecule has 0 radical (unpaired) electrons. The van der Waals surface area contributed by atoms with Crippen molar-refractivity contribution >= 4 is 34.3 Å². The van der Waals surface area contributed by atoms with Crippen molar-refractivity contribution in [2.24, 2.45) is 0 Å². The number of carboxylic acid groups (broad SMARTS) is 1. The fourth-order valence-corrected chi connectivity index (χ4v) is 5.20. The van der Waals surface area contributed by atoms with Crippen LogP contribution in [-0.2, 0) is 4.74 Å². The molecule has 186 valence electrons. The Bertz CT molecular complexity index is 1310. The monoisotopic (exact) mass is 484 g/mol. The van der Waals surface area contributed by atoms with Crippen molar-refractivity contribution in [3.05, 3.63) is 72.3 Å². The van der Waals surface area contributed by atoms with Crippen LogP contribution in [0.1, 0.15) is 42.5 Å². The van der Waals surface area contributed by atoms with Crippen LogP contribution in [0.15, 0.2) is 66.7 Å². The molecule has 0 unspecified atom stereocenters. The summed E-state index contributed by atoms with van der Waals surface area (Å²) in [5.41, 5.74) is 5.60. The van der Waals surface area contributed by atoms with Gasteiger partial charge in [-0.1, -0.05) is 55.7 Å². The number of fused-ring (bicyclic) bond motifs is 1. The molecule has 3 N–H and O–H groups in total. The Balaban J connectivity index is 1.60. The number of carbonyl (C=O) groups is 1. The van der Waals surface area contributed by atoms with E-state index in [1.54, 1.807) is 19.2 Å². The van der Waals surface area contributed by atoms with Crippen molar-refractivity contribution in [3.8, 4) is 11.1 Å². The zero-order valence-electron chi connectivity index (χ0n) is 20.5. The van der Waals surface area contributed by atoms with E-state index in [0.717, 1.165) is 47.4 Å². The van der Waals surface area contributed by atoms with Gasteiger partial charge in [-0.2, -0.15) is 0 Å². The number of ether oxygens (including phenoxy) is 1. The van der Waals surface area contributed by atoms with Gasteiger partial charge in [-0.05, 0) is 54.3 Å². The lowest BCUT2D eigenvalue weighted by Crippen LogP contribution is -2.39. The van der Waals surface area contributed by atoms with Crippen LogP contribution in [0.2, 0.25) is 0 Å². The van der Waals surface area contributed by atoms with E-state index in [-0.39, 0.29) is 5.56 Å². The lowest BCUT2D eigenvalue weighted by molar-refractivity contribution is 0.0697. The summed E-state index contributed by atoms with van der Waals surface area (Å²) < 4.78 is 5.47. The van der Waals surface area contributed by atoms with Crippen molar-refractivity contribution < 1.29 is 14.6 Å². The molecule has 0 spiro atoms. The summed E-state index contributed by atoms with van der Waals surface area (Å²) in [7, 11) is 1.73. The Morgan fingerprint density at radius 3 is 2.64 bits per heavy atom. The highest BCUT2D eigenvalue weighted by Gasteiger charge is 2.24. The van der Waals surface area contributed by atoms with Gasteiger partial charge in [-0.3, -0.25) is 0 Å². The van der Waals surface area contributed by atoms with E-state index >= 15 is 0 Å². The summed E-state index contributed by atoms with van der Waals surface area (Å²) in [6.07, 6.45) is 6.04. The number of nitrogens with zero attached hydrogens (tertiary/aromatic N) is 2. The molecule has 1 saturated carbocycles. The topological polar surface area (TPSA) is 90.5 Å². The number of aromatic carboxylic acids is 1. The number of imidazole rings is 1. The number of hydrogen-bond donors (Lipinski definition) is 3. The summed E-state index contributed by atoms with van der Waals surface area (Å²) in [4.78, 5) is 22.5. The summed E-state index contributed by atoms with van der Waals surface area (Å²) in [6.45, 7) is 1.41. The van der Waals surface area contributed by atoms with Gasteiger partial charge in [0.1, 0.15) is 0 Å². The van der Waals surface area contributed by atoms with E-state index in [2.05, 4.69) is 21.3 Å². The molecule has 1 heterocycles. The Morgan fingerprint density at radius 2 is 1.86 bits per heavy atom. The molecule has 0 saturated heterocycles. The molecule has 0 amide bonds. The maximum Gasteiger partial charge on any atom is 0.336 e. The number of nitrogens with one attached hydrogen (secondary N) is 2. The summed E-state index contributed by atoms with van der Waals surface area (Å²) >= 11 is 0. The fraction of sp³-hybridized carbons (Fsp3) is 0.310. The smallest absolute Gasteiger partial charge is 0.336 e. The van der Waals surface area contributed by atoms with Crippen molar-refractivity contribution in [2.75, 3.05) is 30.5 Å². The summed E-state index contributed by atoms with van der Waals surface area (Å²) in [5, 5.41) is 13.3. The minimum atomic E-state index is -0.939. The first-order valence-electron chi connectivity index (χ1n) is 12.6. The molecule has 1 aliphatic carbocycles. The third-order valence-corrected chi connectivity index (χ3v) is 6.97. The molecule has 7 nitrogen and oxygen atoms in total. The number of methoxy groups -OCH3 is 1. The highest BCUT2D eigenvalue weighted by atomic mass is 16.5. The van der Waals surface area contributed by atoms with Crippen LogP contribution in [0.5, 0.6) is 0 Å². The van der Waals surface area contributed by atoms with Gasteiger partial charge in [0.25, 0.3) is 0 Å². The molecule has 7 heteroatoms. The van der Waals surface area contributed by atoms with Gasteiger partial charge in [-0.15, -0.1) is 0 Å². The number of anilines is 3. The van der Waals surface area contributed by atoms with E-state index in [0.29, 0.717) is 24.2 Å². The molecule has 0 aliphatic heterocycles. The highest BCUT2D eigenvalue weighted by molar-refractivity contribution is 5.97. The molecule has 4 aromatic rings. The number of carboxylic acids is 1. The van der Waals surface area contributed by atoms with Crippen molar-refractivity contribution in [3.63, 3.8) is 0 Å². The third-order valence-electron chi connectivity index (χ3n) is 6.97. The van der Waals surface area contributed by atoms with Gasteiger partial charge < -0.3 is 25.0 Å². The van der Waals surface area contributed by atoms with E-state index in [1.165, 1.54) is 19.3 Å². The molecule has 3 aromatic carbocycles. The average molecular weight is 485 g/mol. The number of aromatic amines is 1. The Kier molecular flexibility index (Phi) is 7.18. The quantitative estimate of drug-likeness (QED) is 0.253. The lowest BCUT2D eigenvalue weighted by Gasteiger charge is -2.37. The summed E-state index contributed by atoms with van der Waals surface area (Å²) in [5.74, 6) is -0.290. The minimum absolute atomic E-state index is 0.281.